The zero-order valence-electron chi connectivity index (χ0n) is 17.8. The highest BCUT2D eigenvalue weighted by molar-refractivity contribution is 7.43. The van der Waals surface area contributed by atoms with Crippen LogP contribution in [0, 0.1) is 0 Å². The molecule has 6 nitrogen and oxygen atoms in total. The van der Waals surface area contributed by atoms with Gasteiger partial charge in [0.05, 0.1) is 7.82 Å². The summed E-state index contributed by atoms with van der Waals surface area (Å²) in [6.45, 7) is 1.79. The Labute approximate surface area is 172 Å². The van der Waals surface area contributed by atoms with Gasteiger partial charge < -0.3 is 23.6 Å². The molecule has 0 saturated heterocycles. The van der Waals surface area contributed by atoms with Crippen molar-refractivity contribution < 1.29 is 28.4 Å². The number of carbonyl (C=O) groups excluding carboxylic acids is 1. The number of unbranched alkanes of at least 4 members (excludes halogenated alkanes) is 15. The van der Waals surface area contributed by atoms with Gasteiger partial charge in [-0.2, -0.15) is 0 Å². The maximum absolute atomic E-state index is 11.2. The van der Waals surface area contributed by atoms with Gasteiger partial charge in [0.25, 0.3) is 0 Å². The van der Waals surface area contributed by atoms with Crippen LogP contribution in [0.1, 0.15) is 110 Å². The molecule has 0 rings (SSSR count). The number of phosphoric ester groups is 1. The van der Waals surface area contributed by atoms with Crippen molar-refractivity contribution in [3.8, 4) is 0 Å². The first-order valence-corrected chi connectivity index (χ1v) is 12.7. The summed E-state index contributed by atoms with van der Waals surface area (Å²) >= 11 is 0. The van der Waals surface area contributed by atoms with E-state index in [2.05, 4.69) is 11.4 Å². The lowest BCUT2D eigenvalue weighted by atomic mass is 10.0. The molecule has 0 aliphatic carbocycles. The van der Waals surface area contributed by atoms with Crippen LogP contribution in [-0.2, 0) is 18.6 Å². The summed E-state index contributed by atoms with van der Waals surface area (Å²) in [6.07, 6.45) is 20.8. The highest BCUT2D eigenvalue weighted by atomic mass is 31.2. The molecule has 0 aliphatic heterocycles. The van der Waals surface area contributed by atoms with Crippen molar-refractivity contribution in [2.45, 2.75) is 110 Å². The standard InChI is InChI=1S/C21H43O6P/c1-2-3-4-5-6-7-8-9-10-11-12-13-14-15-16-17-18-26-19-21(22)20-27-28(23,24)25/h2-20H2,1H3,(H2,23,24,25)/p-2. The van der Waals surface area contributed by atoms with Crippen molar-refractivity contribution in [1.82, 2.24) is 0 Å². The Bertz CT molecular complexity index is 396. The average molecular weight is 421 g/mol. The fourth-order valence-electron chi connectivity index (χ4n) is 3.13. The van der Waals surface area contributed by atoms with E-state index < -0.39 is 20.2 Å². The van der Waals surface area contributed by atoms with Gasteiger partial charge in [0.2, 0.25) is 0 Å². The fourth-order valence-corrected chi connectivity index (χ4v) is 3.43. The molecule has 0 saturated carbocycles. The predicted octanol–water partition coefficient (Wildman–Crippen LogP) is 4.68. The van der Waals surface area contributed by atoms with Crippen LogP contribution in [0.4, 0.5) is 0 Å². The van der Waals surface area contributed by atoms with E-state index in [0.29, 0.717) is 6.61 Å². The summed E-state index contributed by atoms with van der Waals surface area (Å²) in [4.78, 5) is 31.7. The lowest BCUT2D eigenvalue weighted by Crippen LogP contribution is -2.22. The molecule has 0 bridgehead atoms. The highest BCUT2D eigenvalue weighted by Crippen LogP contribution is 2.23. The number of ether oxygens (including phenoxy) is 1. The van der Waals surface area contributed by atoms with E-state index in [1.807, 2.05) is 0 Å². The van der Waals surface area contributed by atoms with Crippen LogP contribution in [-0.4, -0.2) is 25.6 Å². The van der Waals surface area contributed by atoms with E-state index in [1.54, 1.807) is 0 Å². The second kappa shape index (κ2) is 20.0. The summed E-state index contributed by atoms with van der Waals surface area (Å²) < 4.78 is 19.3. The van der Waals surface area contributed by atoms with Crippen molar-refractivity contribution in [2.24, 2.45) is 0 Å². The number of hydrogen-bond acceptors (Lipinski definition) is 6. The van der Waals surface area contributed by atoms with Gasteiger partial charge in [0.1, 0.15) is 13.2 Å². The maximum atomic E-state index is 11.2. The smallest absolute Gasteiger partial charge is 0.184 e. The number of Topliss-reactive ketones (excluding diaryl/α,β-unsaturated/α-hetero) is 1. The Hall–Kier alpha value is -0.260. The Kier molecular flexibility index (Phi) is 19.8. The minimum Gasteiger partial charge on any atom is -0.790 e. The molecule has 0 aromatic rings. The Morgan fingerprint density at radius 1 is 0.679 bits per heavy atom. The molecular weight excluding hydrogens is 379 g/mol. The van der Waals surface area contributed by atoms with Crippen molar-refractivity contribution in [3.63, 3.8) is 0 Å². The van der Waals surface area contributed by atoms with Crippen molar-refractivity contribution >= 4 is 13.6 Å². The third-order valence-corrected chi connectivity index (χ3v) is 5.23. The predicted molar refractivity (Wildman–Crippen MR) is 109 cm³/mol. The first kappa shape index (κ1) is 27.7. The maximum Gasteiger partial charge on any atom is 0.184 e. The molecule has 0 N–H and O–H groups in total. The van der Waals surface area contributed by atoms with Gasteiger partial charge in [-0.05, 0) is 6.42 Å². The molecule has 0 aromatic heterocycles. The molecule has 0 amide bonds. The number of hydrogen-bond donors (Lipinski definition) is 0. The summed E-state index contributed by atoms with van der Waals surface area (Å²) in [6, 6.07) is 0. The highest BCUT2D eigenvalue weighted by Gasteiger charge is 2.03. The average Bonchev–Trinajstić information content (AvgIpc) is 2.65. The molecule has 0 aliphatic rings. The summed E-state index contributed by atoms with van der Waals surface area (Å²) in [5.74, 6) is -0.539. The first-order valence-electron chi connectivity index (χ1n) is 11.2. The number of rotatable bonds is 22. The van der Waals surface area contributed by atoms with E-state index in [-0.39, 0.29) is 6.61 Å². The van der Waals surface area contributed by atoms with Gasteiger partial charge in [-0.25, -0.2) is 0 Å². The molecule has 0 fully saturated rings. The van der Waals surface area contributed by atoms with Gasteiger partial charge in [0, 0.05) is 6.61 Å². The van der Waals surface area contributed by atoms with Crippen LogP contribution < -0.4 is 9.79 Å². The van der Waals surface area contributed by atoms with Gasteiger partial charge in [-0.15, -0.1) is 0 Å². The fraction of sp³-hybridized carbons (Fsp3) is 0.952. The quantitative estimate of drug-likeness (QED) is 0.186. The van der Waals surface area contributed by atoms with E-state index in [0.717, 1.165) is 12.8 Å². The van der Waals surface area contributed by atoms with E-state index in [1.165, 1.54) is 89.9 Å². The Morgan fingerprint density at radius 2 is 1.07 bits per heavy atom. The monoisotopic (exact) mass is 420 g/mol. The molecule has 168 valence electrons. The number of carbonyl (C=O) groups is 1. The zero-order chi connectivity index (χ0) is 20.9. The first-order chi connectivity index (χ1) is 13.5. The third kappa shape index (κ3) is 23.8. The van der Waals surface area contributed by atoms with Gasteiger partial charge in [0.15, 0.2) is 5.78 Å². The second-order valence-corrected chi connectivity index (χ2v) is 8.77. The Balaban J connectivity index is 3.14. The van der Waals surface area contributed by atoms with Crippen molar-refractivity contribution in [1.29, 1.82) is 0 Å². The second-order valence-electron chi connectivity index (χ2n) is 7.62. The van der Waals surface area contributed by atoms with Gasteiger partial charge in [-0.3, -0.25) is 4.79 Å². The van der Waals surface area contributed by atoms with Gasteiger partial charge >= 0.3 is 0 Å². The Morgan fingerprint density at radius 3 is 1.46 bits per heavy atom. The molecule has 0 unspecified atom stereocenters. The number of ketones is 1. The molecule has 7 heteroatoms. The lowest BCUT2D eigenvalue weighted by molar-refractivity contribution is -0.341. The van der Waals surface area contributed by atoms with E-state index in [9.17, 15) is 19.1 Å². The summed E-state index contributed by atoms with van der Waals surface area (Å²) in [5, 5.41) is 0. The lowest BCUT2D eigenvalue weighted by Gasteiger charge is -2.27. The molecule has 0 atom stereocenters. The summed E-state index contributed by atoms with van der Waals surface area (Å²) in [7, 11) is -5.07. The van der Waals surface area contributed by atoms with Crippen molar-refractivity contribution in [2.75, 3.05) is 19.8 Å². The largest absolute Gasteiger partial charge is 0.790 e. The third-order valence-electron chi connectivity index (χ3n) is 4.79. The number of phosphoric acid groups is 1. The minimum atomic E-state index is -5.07. The van der Waals surface area contributed by atoms with Crippen LogP contribution in [0.3, 0.4) is 0 Å². The van der Waals surface area contributed by atoms with E-state index in [4.69, 9.17) is 4.74 Å². The summed E-state index contributed by atoms with van der Waals surface area (Å²) in [5.41, 5.74) is 0. The van der Waals surface area contributed by atoms with Crippen LogP contribution in [0.2, 0.25) is 0 Å². The van der Waals surface area contributed by atoms with Gasteiger partial charge in [-0.1, -0.05) is 103 Å². The van der Waals surface area contributed by atoms with Crippen LogP contribution >= 0.6 is 7.82 Å². The molecule has 0 aromatic carbocycles. The topological polar surface area (TPSA) is 98.7 Å². The normalized spacial score (nSPS) is 11.8. The van der Waals surface area contributed by atoms with Crippen molar-refractivity contribution in [3.05, 3.63) is 0 Å². The minimum absolute atomic E-state index is 0.210. The van der Waals surface area contributed by atoms with Crippen LogP contribution in [0.25, 0.3) is 0 Å². The molecule has 0 spiro atoms. The molecule has 0 radical (unpaired) electrons. The molecule has 0 heterocycles. The van der Waals surface area contributed by atoms with E-state index >= 15 is 0 Å². The molecule has 28 heavy (non-hydrogen) atoms. The van der Waals surface area contributed by atoms with Crippen LogP contribution in [0.5, 0.6) is 0 Å². The van der Waals surface area contributed by atoms with Crippen LogP contribution in [0.15, 0.2) is 0 Å². The SMILES string of the molecule is CCCCCCCCCCCCCCCCCCOCC(=O)COP(=O)([O-])[O-]. The zero-order valence-corrected chi connectivity index (χ0v) is 18.7. The molecular formula is C21H41O6P-2.